The van der Waals surface area contributed by atoms with Crippen LogP contribution in [0.1, 0.15) is 12.8 Å². The van der Waals surface area contributed by atoms with Crippen molar-refractivity contribution in [3.8, 4) is 23.0 Å². The topological polar surface area (TPSA) is 109 Å². The molecule has 0 aliphatic carbocycles. The van der Waals surface area contributed by atoms with Gasteiger partial charge in [-0.3, -0.25) is 9.36 Å². The molecule has 0 unspecified atom stereocenters. The Labute approximate surface area is 184 Å². The average Bonchev–Trinajstić information content (AvgIpc) is 3.51. The summed E-state index contributed by atoms with van der Waals surface area (Å²) in [5, 5.41) is 16.8. The Balaban J connectivity index is 1.33. The van der Waals surface area contributed by atoms with Crippen LogP contribution in [0.5, 0.6) is 0 Å². The Morgan fingerprint density at radius 3 is 2.80 bits per heavy atom. The molecule has 0 aliphatic heterocycles. The van der Waals surface area contributed by atoms with Gasteiger partial charge >= 0.3 is 5.97 Å². The SMILES string of the molecule is CCn1c(SCC(=O)OCc2nnc(-c3ccccc3Br)o2)nnc1-c1ccco1. The molecule has 4 rings (SSSR count). The van der Waals surface area contributed by atoms with Crippen molar-refractivity contribution in [2.24, 2.45) is 0 Å². The third-order valence-corrected chi connectivity index (χ3v) is 5.65. The zero-order valence-electron chi connectivity index (χ0n) is 15.8. The van der Waals surface area contributed by atoms with Crippen molar-refractivity contribution in [1.82, 2.24) is 25.0 Å². The predicted octanol–water partition coefficient (Wildman–Crippen LogP) is 4.21. The lowest BCUT2D eigenvalue weighted by Gasteiger charge is -2.05. The molecule has 0 bridgehead atoms. The minimum Gasteiger partial charge on any atom is -0.461 e. The standard InChI is InChI=1S/C19H16BrN5O4S/c1-2-25-17(14-8-5-9-27-14)22-24-19(25)30-11-16(26)28-10-15-21-23-18(29-15)12-6-3-4-7-13(12)20/h3-9H,2,10-11H2,1H3. The van der Waals surface area contributed by atoms with Gasteiger partial charge < -0.3 is 13.6 Å². The maximum Gasteiger partial charge on any atom is 0.316 e. The van der Waals surface area contributed by atoms with E-state index in [1.165, 1.54) is 11.8 Å². The fourth-order valence-corrected chi connectivity index (χ4v) is 3.89. The first kappa shape index (κ1) is 20.4. The molecule has 1 aromatic carbocycles. The van der Waals surface area contributed by atoms with Crippen molar-refractivity contribution in [2.75, 3.05) is 5.75 Å². The van der Waals surface area contributed by atoms with Gasteiger partial charge in [0.05, 0.1) is 17.6 Å². The van der Waals surface area contributed by atoms with Gasteiger partial charge in [-0.1, -0.05) is 23.9 Å². The number of thioether (sulfide) groups is 1. The molecular weight excluding hydrogens is 474 g/mol. The third-order valence-electron chi connectivity index (χ3n) is 4.02. The number of ether oxygens (including phenoxy) is 1. The molecule has 0 saturated heterocycles. The minimum absolute atomic E-state index is 0.0709. The van der Waals surface area contributed by atoms with Crippen molar-refractivity contribution in [3.05, 3.63) is 53.0 Å². The van der Waals surface area contributed by atoms with Gasteiger partial charge in [-0.2, -0.15) is 0 Å². The highest BCUT2D eigenvalue weighted by atomic mass is 79.9. The summed E-state index contributed by atoms with van der Waals surface area (Å²) in [6.45, 7) is 2.51. The number of hydrogen-bond acceptors (Lipinski definition) is 9. The number of rotatable bonds is 8. The summed E-state index contributed by atoms with van der Waals surface area (Å²) < 4.78 is 18.9. The van der Waals surface area contributed by atoms with Gasteiger partial charge in [-0.05, 0) is 47.1 Å². The summed E-state index contributed by atoms with van der Waals surface area (Å²) in [6, 6.07) is 11.1. The molecule has 0 fully saturated rings. The molecule has 0 radical (unpaired) electrons. The molecule has 11 heteroatoms. The molecule has 4 aromatic rings. The molecule has 0 N–H and O–H groups in total. The second kappa shape index (κ2) is 9.26. The highest BCUT2D eigenvalue weighted by Crippen LogP contribution is 2.27. The predicted molar refractivity (Wildman–Crippen MR) is 111 cm³/mol. The number of furan rings is 1. The summed E-state index contributed by atoms with van der Waals surface area (Å²) in [5.74, 6) is 1.45. The number of halogens is 1. The van der Waals surface area contributed by atoms with Gasteiger partial charge in [0.25, 0.3) is 5.89 Å². The van der Waals surface area contributed by atoms with E-state index in [2.05, 4.69) is 36.3 Å². The van der Waals surface area contributed by atoms with Gasteiger partial charge in [0.2, 0.25) is 5.89 Å². The summed E-state index contributed by atoms with van der Waals surface area (Å²) in [5.41, 5.74) is 0.768. The van der Waals surface area contributed by atoms with Crippen LogP contribution in [0.3, 0.4) is 0 Å². The van der Waals surface area contributed by atoms with Crippen LogP contribution in [0.2, 0.25) is 0 Å². The van der Waals surface area contributed by atoms with Crippen molar-refractivity contribution in [2.45, 2.75) is 25.2 Å². The maximum atomic E-state index is 12.1. The van der Waals surface area contributed by atoms with E-state index in [0.29, 0.717) is 29.2 Å². The zero-order chi connectivity index (χ0) is 20.9. The fraction of sp³-hybridized carbons (Fsp3) is 0.211. The molecule has 9 nitrogen and oxygen atoms in total. The van der Waals surface area contributed by atoms with E-state index in [1.54, 1.807) is 12.3 Å². The lowest BCUT2D eigenvalue weighted by atomic mass is 10.2. The molecule has 0 amide bonds. The molecule has 3 aromatic heterocycles. The van der Waals surface area contributed by atoms with Crippen LogP contribution in [0.15, 0.2) is 61.1 Å². The Hall–Kier alpha value is -2.92. The van der Waals surface area contributed by atoms with Crippen LogP contribution in [-0.2, 0) is 22.7 Å². The summed E-state index contributed by atoms with van der Waals surface area (Å²) in [6.07, 6.45) is 1.58. The van der Waals surface area contributed by atoms with Gasteiger partial charge in [0.15, 0.2) is 23.3 Å². The average molecular weight is 490 g/mol. The molecular formula is C19H16BrN5O4S. The first-order valence-electron chi connectivity index (χ1n) is 8.98. The van der Waals surface area contributed by atoms with Gasteiger partial charge in [0.1, 0.15) is 0 Å². The van der Waals surface area contributed by atoms with Crippen LogP contribution in [0.25, 0.3) is 23.0 Å². The lowest BCUT2D eigenvalue weighted by molar-refractivity contribution is -0.142. The highest BCUT2D eigenvalue weighted by molar-refractivity contribution is 9.10. The fourth-order valence-electron chi connectivity index (χ4n) is 2.63. The normalized spacial score (nSPS) is 11.0. The molecule has 0 atom stereocenters. The minimum atomic E-state index is -0.425. The van der Waals surface area contributed by atoms with E-state index in [1.807, 2.05) is 41.8 Å². The lowest BCUT2D eigenvalue weighted by Crippen LogP contribution is -2.09. The van der Waals surface area contributed by atoms with Crippen LogP contribution < -0.4 is 0 Å². The van der Waals surface area contributed by atoms with Crippen molar-refractivity contribution in [3.63, 3.8) is 0 Å². The van der Waals surface area contributed by atoms with E-state index < -0.39 is 5.97 Å². The van der Waals surface area contributed by atoms with Crippen LogP contribution >= 0.6 is 27.7 Å². The second-order valence-electron chi connectivity index (χ2n) is 5.96. The number of nitrogens with zero attached hydrogens (tertiary/aromatic N) is 5. The molecule has 30 heavy (non-hydrogen) atoms. The van der Waals surface area contributed by atoms with E-state index in [0.717, 1.165) is 10.0 Å². The molecule has 154 valence electrons. The number of benzene rings is 1. The zero-order valence-corrected chi connectivity index (χ0v) is 18.2. The second-order valence-corrected chi connectivity index (χ2v) is 7.75. The molecule has 0 aliphatic rings. The number of carbonyl (C=O) groups excluding carboxylic acids is 1. The largest absolute Gasteiger partial charge is 0.461 e. The summed E-state index contributed by atoms with van der Waals surface area (Å²) in [4.78, 5) is 12.1. The first-order valence-corrected chi connectivity index (χ1v) is 10.8. The van der Waals surface area contributed by atoms with Gasteiger partial charge in [0, 0.05) is 11.0 Å². The van der Waals surface area contributed by atoms with Gasteiger partial charge in [-0.25, -0.2) is 0 Å². The number of aromatic nitrogens is 5. The Bertz CT molecular complexity index is 1140. The van der Waals surface area contributed by atoms with Crippen LogP contribution in [0, 0.1) is 0 Å². The van der Waals surface area contributed by atoms with Crippen LogP contribution in [-0.4, -0.2) is 36.7 Å². The smallest absolute Gasteiger partial charge is 0.316 e. The van der Waals surface area contributed by atoms with Gasteiger partial charge in [-0.15, -0.1) is 20.4 Å². The van der Waals surface area contributed by atoms with Crippen molar-refractivity contribution < 1.29 is 18.4 Å². The Morgan fingerprint density at radius 1 is 1.17 bits per heavy atom. The quantitative estimate of drug-likeness (QED) is 0.265. The van der Waals surface area contributed by atoms with E-state index in [-0.39, 0.29) is 18.3 Å². The molecule has 0 spiro atoms. The molecule has 3 heterocycles. The number of carbonyl (C=O) groups is 1. The Kier molecular flexibility index (Phi) is 6.29. The monoisotopic (exact) mass is 489 g/mol. The first-order chi connectivity index (χ1) is 14.7. The Morgan fingerprint density at radius 2 is 2.03 bits per heavy atom. The summed E-state index contributed by atoms with van der Waals surface area (Å²) >= 11 is 4.68. The number of esters is 1. The molecule has 0 saturated carbocycles. The maximum absolute atomic E-state index is 12.1. The third kappa shape index (κ3) is 4.46. The highest BCUT2D eigenvalue weighted by Gasteiger charge is 2.17. The number of hydrogen-bond donors (Lipinski definition) is 0. The van der Waals surface area contributed by atoms with Crippen molar-refractivity contribution >= 4 is 33.7 Å². The van der Waals surface area contributed by atoms with E-state index in [9.17, 15) is 4.79 Å². The van der Waals surface area contributed by atoms with Crippen molar-refractivity contribution in [1.29, 1.82) is 0 Å². The van der Waals surface area contributed by atoms with E-state index >= 15 is 0 Å². The van der Waals surface area contributed by atoms with Crippen LogP contribution in [0.4, 0.5) is 0 Å². The van der Waals surface area contributed by atoms with E-state index in [4.69, 9.17) is 13.6 Å². The summed E-state index contributed by atoms with van der Waals surface area (Å²) in [7, 11) is 0.